The van der Waals surface area contributed by atoms with Crippen molar-refractivity contribution in [2.75, 3.05) is 13.1 Å². The minimum atomic E-state index is -4.45. The van der Waals surface area contributed by atoms with Crippen LogP contribution in [-0.4, -0.2) is 24.1 Å². The second-order valence-electron chi connectivity index (χ2n) is 8.22. The van der Waals surface area contributed by atoms with E-state index in [-0.39, 0.29) is 17.8 Å². The summed E-state index contributed by atoms with van der Waals surface area (Å²) in [6.07, 6.45) is -3.76. The van der Waals surface area contributed by atoms with Crippen LogP contribution in [0.3, 0.4) is 0 Å². The highest BCUT2D eigenvalue weighted by atomic mass is 19.4. The normalized spacial score (nSPS) is 19.5. The zero-order chi connectivity index (χ0) is 22.6. The van der Waals surface area contributed by atoms with E-state index in [9.17, 15) is 13.2 Å². The minimum absolute atomic E-state index is 0.0740. The lowest BCUT2D eigenvalue weighted by atomic mass is 9.96. The quantitative estimate of drug-likeness (QED) is 0.421. The molecule has 1 fully saturated rings. The van der Waals surface area contributed by atoms with Gasteiger partial charge in [0.1, 0.15) is 11.9 Å². The van der Waals surface area contributed by atoms with Crippen molar-refractivity contribution in [1.82, 2.24) is 4.90 Å². The van der Waals surface area contributed by atoms with Crippen LogP contribution in [0.25, 0.3) is 0 Å². The van der Waals surface area contributed by atoms with Crippen molar-refractivity contribution in [1.29, 1.82) is 0 Å². The number of rotatable bonds is 6. The summed E-state index contributed by atoms with van der Waals surface area (Å²) < 4.78 is 51.8. The smallest absolute Gasteiger partial charge is 0.416 e. The zero-order valence-corrected chi connectivity index (χ0v) is 17.9. The maximum absolute atomic E-state index is 13.3. The lowest BCUT2D eigenvalue weighted by molar-refractivity contribution is -0.137. The fourth-order valence-electron chi connectivity index (χ4n) is 4.01. The molecule has 1 aliphatic heterocycles. The van der Waals surface area contributed by atoms with Gasteiger partial charge in [-0.1, -0.05) is 55.5 Å². The van der Waals surface area contributed by atoms with E-state index in [0.717, 1.165) is 38.2 Å². The molecule has 1 aliphatic rings. The molecule has 3 aromatic rings. The van der Waals surface area contributed by atoms with Gasteiger partial charge < -0.3 is 9.47 Å². The Morgan fingerprint density at radius 3 is 2.25 bits per heavy atom. The zero-order valence-electron chi connectivity index (χ0n) is 17.9. The van der Waals surface area contributed by atoms with Crippen molar-refractivity contribution < 1.29 is 22.6 Å². The van der Waals surface area contributed by atoms with E-state index in [1.165, 1.54) is 11.6 Å². The Bertz CT molecular complexity index is 1010. The Morgan fingerprint density at radius 2 is 1.59 bits per heavy atom. The standard InChI is InChI=1S/C26H26F3NO2/c1-19-17-30(18-20-8-4-2-5-9-20)15-14-23(19)32-24-13-12-21(26(27,28)29)16-25(24)31-22-10-6-3-7-11-22/h2-13,16,19,23H,14-15,17-18H2,1H3. The minimum Gasteiger partial charge on any atom is -0.486 e. The molecule has 32 heavy (non-hydrogen) atoms. The summed E-state index contributed by atoms with van der Waals surface area (Å²) in [4.78, 5) is 2.38. The molecule has 2 atom stereocenters. The van der Waals surface area contributed by atoms with Crippen LogP contribution in [0.2, 0.25) is 0 Å². The molecular weight excluding hydrogens is 415 g/mol. The Labute approximate surface area is 186 Å². The van der Waals surface area contributed by atoms with Crippen LogP contribution in [-0.2, 0) is 12.7 Å². The highest BCUT2D eigenvalue weighted by Gasteiger charge is 2.33. The van der Waals surface area contributed by atoms with Gasteiger partial charge in [-0.2, -0.15) is 13.2 Å². The van der Waals surface area contributed by atoms with Crippen molar-refractivity contribution in [3.8, 4) is 17.2 Å². The predicted molar refractivity (Wildman–Crippen MR) is 118 cm³/mol. The van der Waals surface area contributed by atoms with Gasteiger partial charge in [0.15, 0.2) is 11.5 Å². The number of hydrogen-bond donors (Lipinski definition) is 0. The Kier molecular flexibility index (Phi) is 6.70. The first kappa shape index (κ1) is 22.2. The van der Waals surface area contributed by atoms with Crippen LogP contribution < -0.4 is 9.47 Å². The molecule has 0 aliphatic carbocycles. The number of alkyl halides is 3. The molecule has 0 spiro atoms. The summed E-state index contributed by atoms with van der Waals surface area (Å²) in [6, 6.07) is 22.5. The average molecular weight is 441 g/mol. The van der Waals surface area contributed by atoms with E-state index >= 15 is 0 Å². The molecule has 0 bridgehead atoms. The fraction of sp³-hybridized carbons (Fsp3) is 0.308. The molecule has 1 heterocycles. The van der Waals surface area contributed by atoms with Gasteiger partial charge in [0.25, 0.3) is 0 Å². The van der Waals surface area contributed by atoms with Gasteiger partial charge in [-0.05, 0) is 42.3 Å². The molecule has 3 nitrogen and oxygen atoms in total. The molecule has 0 amide bonds. The molecule has 2 unspecified atom stereocenters. The first-order valence-electron chi connectivity index (χ1n) is 10.8. The van der Waals surface area contributed by atoms with Crippen LogP contribution >= 0.6 is 0 Å². The van der Waals surface area contributed by atoms with Gasteiger partial charge in [0.2, 0.25) is 0 Å². The Balaban J connectivity index is 1.48. The van der Waals surface area contributed by atoms with E-state index in [1.807, 2.05) is 24.3 Å². The van der Waals surface area contributed by atoms with Crippen molar-refractivity contribution in [3.05, 3.63) is 90.0 Å². The number of nitrogens with zero attached hydrogens (tertiary/aromatic N) is 1. The lowest BCUT2D eigenvalue weighted by Crippen LogP contribution is -2.44. The number of piperidine rings is 1. The number of benzene rings is 3. The summed E-state index contributed by atoms with van der Waals surface area (Å²) in [7, 11) is 0. The van der Waals surface area contributed by atoms with E-state index in [1.54, 1.807) is 24.3 Å². The van der Waals surface area contributed by atoms with E-state index in [2.05, 4.69) is 24.0 Å². The molecule has 0 radical (unpaired) electrons. The van der Waals surface area contributed by atoms with Crippen LogP contribution in [0.1, 0.15) is 24.5 Å². The SMILES string of the molecule is CC1CN(Cc2ccccc2)CCC1Oc1ccc(C(F)(F)F)cc1Oc1ccccc1. The second-order valence-corrected chi connectivity index (χ2v) is 8.22. The molecule has 1 saturated heterocycles. The Morgan fingerprint density at radius 1 is 0.906 bits per heavy atom. The summed E-state index contributed by atoms with van der Waals surface area (Å²) in [6.45, 7) is 4.71. The van der Waals surface area contributed by atoms with E-state index in [4.69, 9.17) is 9.47 Å². The van der Waals surface area contributed by atoms with Gasteiger partial charge in [0, 0.05) is 25.6 Å². The van der Waals surface area contributed by atoms with E-state index in [0.29, 0.717) is 11.5 Å². The van der Waals surface area contributed by atoms with Gasteiger partial charge in [-0.25, -0.2) is 0 Å². The molecule has 168 valence electrons. The van der Waals surface area contributed by atoms with Crippen molar-refractivity contribution in [2.45, 2.75) is 32.2 Å². The number of para-hydroxylation sites is 1. The number of hydrogen-bond acceptors (Lipinski definition) is 3. The third-order valence-corrected chi connectivity index (χ3v) is 5.68. The lowest BCUT2D eigenvalue weighted by Gasteiger charge is -2.37. The van der Waals surface area contributed by atoms with Gasteiger partial charge in [0.05, 0.1) is 5.56 Å². The molecule has 0 N–H and O–H groups in total. The van der Waals surface area contributed by atoms with Crippen LogP contribution in [0.4, 0.5) is 13.2 Å². The number of ether oxygens (including phenoxy) is 2. The predicted octanol–water partition coefficient (Wildman–Crippen LogP) is 6.79. The molecule has 3 aromatic carbocycles. The monoisotopic (exact) mass is 441 g/mol. The van der Waals surface area contributed by atoms with Crippen molar-refractivity contribution in [2.24, 2.45) is 5.92 Å². The summed E-state index contributed by atoms with van der Waals surface area (Å²) in [5, 5.41) is 0. The first-order valence-corrected chi connectivity index (χ1v) is 10.8. The second kappa shape index (κ2) is 9.65. The van der Waals surface area contributed by atoms with E-state index < -0.39 is 11.7 Å². The number of halogens is 3. The first-order chi connectivity index (χ1) is 15.4. The topological polar surface area (TPSA) is 21.7 Å². The van der Waals surface area contributed by atoms with Gasteiger partial charge in [-0.15, -0.1) is 0 Å². The Hall–Kier alpha value is -2.99. The largest absolute Gasteiger partial charge is 0.486 e. The molecule has 0 saturated carbocycles. The average Bonchev–Trinajstić information content (AvgIpc) is 2.77. The number of likely N-dealkylation sites (tertiary alicyclic amines) is 1. The van der Waals surface area contributed by atoms with Crippen LogP contribution in [0.5, 0.6) is 17.2 Å². The summed E-state index contributed by atoms with van der Waals surface area (Å²) >= 11 is 0. The fourth-order valence-corrected chi connectivity index (χ4v) is 4.01. The highest BCUT2D eigenvalue weighted by molar-refractivity contribution is 5.46. The van der Waals surface area contributed by atoms with Gasteiger partial charge in [-0.3, -0.25) is 4.90 Å². The third kappa shape index (κ3) is 5.62. The molecular formula is C26H26F3NO2. The van der Waals surface area contributed by atoms with Crippen LogP contribution in [0.15, 0.2) is 78.9 Å². The molecule has 6 heteroatoms. The third-order valence-electron chi connectivity index (χ3n) is 5.68. The van der Waals surface area contributed by atoms with Crippen molar-refractivity contribution >= 4 is 0 Å². The summed E-state index contributed by atoms with van der Waals surface area (Å²) in [5.41, 5.74) is 0.502. The van der Waals surface area contributed by atoms with Crippen molar-refractivity contribution in [3.63, 3.8) is 0 Å². The highest BCUT2D eigenvalue weighted by Crippen LogP contribution is 2.39. The molecule has 0 aromatic heterocycles. The molecule has 4 rings (SSSR count). The van der Waals surface area contributed by atoms with Crippen LogP contribution in [0, 0.1) is 5.92 Å². The maximum Gasteiger partial charge on any atom is 0.416 e. The van der Waals surface area contributed by atoms with Gasteiger partial charge >= 0.3 is 6.18 Å². The maximum atomic E-state index is 13.3. The summed E-state index contributed by atoms with van der Waals surface area (Å²) in [5.74, 6) is 1.09.